The topological polar surface area (TPSA) is 48.7 Å². The van der Waals surface area contributed by atoms with Crippen molar-refractivity contribution in [1.29, 1.82) is 0 Å². The van der Waals surface area contributed by atoms with Gasteiger partial charge in [0.1, 0.15) is 32.1 Å². The Bertz CT molecular complexity index is 785. The number of benzene rings is 2. The van der Waals surface area contributed by atoms with Gasteiger partial charge in [0, 0.05) is 12.0 Å². The Labute approximate surface area is 176 Å². The quantitative estimate of drug-likeness (QED) is 0.567. The van der Waals surface area contributed by atoms with Crippen LogP contribution in [0.2, 0.25) is 5.02 Å². The van der Waals surface area contributed by atoms with Crippen molar-refractivity contribution in [2.75, 3.05) is 46.5 Å². The van der Waals surface area contributed by atoms with Crippen LogP contribution >= 0.6 is 11.6 Å². The number of ether oxygens (including phenoxy) is 3. The first kappa shape index (κ1) is 21.8. The zero-order valence-electron chi connectivity index (χ0n) is 16.9. The molecule has 0 aromatic heterocycles. The number of nitrogens with two attached hydrogens (primary N) is 1. The first-order valence-electron chi connectivity index (χ1n) is 10.1. The first-order chi connectivity index (χ1) is 14.2. The Morgan fingerprint density at radius 3 is 2.76 bits per heavy atom. The van der Waals surface area contributed by atoms with Gasteiger partial charge in [0.25, 0.3) is 0 Å². The summed E-state index contributed by atoms with van der Waals surface area (Å²) in [7, 11) is 1.63. The van der Waals surface area contributed by atoms with Crippen molar-refractivity contribution in [3.63, 3.8) is 0 Å². The molecule has 1 heterocycles. The smallest absolute Gasteiger partial charge is 0.170 e. The average Bonchev–Trinajstić information content (AvgIpc) is 2.74. The van der Waals surface area contributed by atoms with E-state index in [0.717, 1.165) is 50.5 Å². The largest absolute Gasteiger partial charge is 0.493 e. The summed E-state index contributed by atoms with van der Waals surface area (Å²) in [5.41, 5.74) is 1.81. The Hall–Kier alpha value is -1.86. The van der Waals surface area contributed by atoms with E-state index in [-0.39, 0.29) is 12.4 Å². The third kappa shape index (κ3) is 6.57. The molecule has 2 aromatic rings. The van der Waals surface area contributed by atoms with Crippen LogP contribution in [0.3, 0.4) is 0 Å². The van der Waals surface area contributed by atoms with Crippen LogP contribution in [-0.2, 0) is 17.9 Å². The van der Waals surface area contributed by atoms with E-state index in [2.05, 4.69) is 5.32 Å². The van der Waals surface area contributed by atoms with Crippen LogP contribution in [0.25, 0.3) is 0 Å². The predicted molar refractivity (Wildman–Crippen MR) is 110 cm³/mol. The summed E-state index contributed by atoms with van der Waals surface area (Å²) in [4.78, 5) is 1.63. The Balaban J connectivity index is 1.54. The third-order valence-electron chi connectivity index (χ3n) is 5.17. The lowest BCUT2D eigenvalue weighted by atomic mass is 10.1. The fourth-order valence-electron chi connectivity index (χ4n) is 3.50. The van der Waals surface area contributed by atoms with Crippen molar-refractivity contribution in [2.45, 2.75) is 19.6 Å². The van der Waals surface area contributed by atoms with Gasteiger partial charge in [-0.15, -0.1) is 0 Å². The number of morpholine rings is 1. The normalized spacial score (nSPS) is 14.7. The van der Waals surface area contributed by atoms with Crippen LogP contribution < -0.4 is 19.7 Å². The van der Waals surface area contributed by atoms with Gasteiger partial charge in [-0.1, -0.05) is 23.7 Å². The van der Waals surface area contributed by atoms with E-state index in [1.165, 1.54) is 25.1 Å². The lowest BCUT2D eigenvalue weighted by Gasteiger charge is -2.23. The third-order valence-corrected chi connectivity index (χ3v) is 5.52. The summed E-state index contributed by atoms with van der Waals surface area (Å²) in [6.45, 7) is 7.28. The van der Waals surface area contributed by atoms with E-state index in [4.69, 9.17) is 25.8 Å². The molecule has 0 atom stereocenters. The maximum absolute atomic E-state index is 13.3. The van der Waals surface area contributed by atoms with Crippen LogP contribution in [0.15, 0.2) is 36.4 Å². The first-order valence-corrected chi connectivity index (χ1v) is 10.5. The molecule has 1 saturated heterocycles. The molecule has 0 radical (unpaired) electrons. The van der Waals surface area contributed by atoms with Crippen molar-refractivity contribution in [2.24, 2.45) is 0 Å². The van der Waals surface area contributed by atoms with Crippen molar-refractivity contribution in [3.05, 3.63) is 58.4 Å². The molecule has 3 rings (SSSR count). The van der Waals surface area contributed by atoms with Gasteiger partial charge in [-0.05, 0) is 24.3 Å². The highest BCUT2D eigenvalue weighted by Crippen LogP contribution is 2.32. The van der Waals surface area contributed by atoms with Crippen molar-refractivity contribution in [1.82, 2.24) is 0 Å². The number of para-hydroxylation sites is 1. The molecule has 0 aliphatic carbocycles. The van der Waals surface area contributed by atoms with Crippen LogP contribution in [0, 0.1) is 5.82 Å². The minimum Gasteiger partial charge on any atom is -0.493 e. The van der Waals surface area contributed by atoms with Crippen LogP contribution in [0.4, 0.5) is 4.39 Å². The molecule has 158 valence electrons. The summed E-state index contributed by atoms with van der Waals surface area (Å²) in [6, 6.07) is 10.2. The molecule has 0 amide bonds. The molecular weight excluding hydrogens is 395 g/mol. The Kier molecular flexibility index (Phi) is 8.55. The highest BCUT2D eigenvalue weighted by Gasteiger charge is 2.15. The second-order valence-electron chi connectivity index (χ2n) is 7.22. The summed E-state index contributed by atoms with van der Waals surface area (Å²) in [6.07, 6.45) is 1.17. The van der Waals surface area contributed by atoms with E-state index < -0.39 is 0 Å². The molecule has 0 unspecified atom stereocenters. The van der Waals surface area contributed by atoms with Crippen molar-refractivity contribution >= 4 is 11.6 Å². The summed E-state index contributed by atoms with van der Waals surface area (Å²) >= 11 is 6.12. The van der Waals surface area contributed by atoms with Gasteiger partial charge < -0.3 is 24.4 Å². The number of halogens is 2. The van der Waals surface area contributed by atoms with Crippen molar-refractivity contribution < 1.29 is 28.8 Å². The summed E-state index contributed by atoms with van der Waals surface area (Å²) < 4.78 is 30.2. The number of hydrogen-bond acceptors (Lipinski definition) is 3. The van der Waals surface area contributed by atoms with Gasteiger partial charge in [0.15, 0.2) is 11.5 Å². The molecule has 1 aliphatic heterocycles. The van der Waals surface area contributed by atoms with E-state index in [0.29, 0.717) is 16.5 Å². The maximum atomic E-state index is 13.3. The number of methoxy groups -OCH3 is 1. The van der Waals surface area contributed by atoms with Crippen molar-refractivity contribution in [3.8, 4) is 11.5 Å². The maximum Gasteiger partial charge on any atom is 0.170 e. The Morgan fingerprint density at radius 2 is 2.00 bits per heavy atom. The molecule has 2 aromatic carbocycles. The monoisotopic (exact) mass is 424 g/mol. The minimum atomic E-state index is -0.356. The van der Waals surface area contributed by atoms with Gasteiger partial charge in [-0.25, -0.2) is 4.39 Å². The fraction of sp³-hybridized carbons (Fsp3) is 0.455. The number of hydrogen-bond donors (Lipinski definition) is 2. The number of rotatable bonds is 10. The highest BCUT2D eigenvalue weighted by molar-refractivity contribution is 6.31. The molecule has 7 heteroatoms. The van der Waals surface area contributed by atoms with E-state index >= 15 is 0 Å². The predicted octanol–water partition coefficient (Wildman–Crippen LogP) is 1.44. The molecule has 0 spiro atoms. The molecule has 1 aliphatic rings. The lowest BCUT2D eigenvalue weighted by molar-refractivity contribution is -0.909. The summed E-state index contributed by atoms with van der Waals surface area (Å²) in [5, 5.41) is 2.66. The van der Waals surface area contributed by atoms with Crippen LogP contribution in [0.5, 0.6) is 11.5 Å². The average molecular weight is 425 g/mol. The molecule has 3 N–H and O–H groups in total. The van der Waals surface area contributed by atoms with Gasteiger partial charge in [-0.3, -0.25) is 0 Å². The molecule has 5 nitrogen and oxygen atoms in total. The molecule has 0 saturated carbocycles. The number of quaternary nitrogens is 2. The SMILES string of the molecule is COc1cccc(C[NH2+]CCC[NH+]2CCOCC2)c1OCc1ccc(F)cc1Cl. The molecule has 29 heavy (non-hydrogen) atoms. The highest BCUT2D eigenvalue weighted by atomic mass is 35.5. The second-order valence-corrected chi connectivity index (χ2v) is 7.63. The van der Waals surface area contributed by atoms with Crippen LogP contribution in [-0.4, -0.2) is 46.5 Å². The fourth-order valence-corrected chi connectivity index (χ4v) is 3.72. The molecular formula is C22H30ClFN2O3+2. The van der Waals surface area contributed by atoms with Gasteiger partial charge in [0.2, 0.25) is 0 Å². The molecule has 0 bridgehead atoms. The van der Waals surface area contributed by atoms with Crippen LogP contribution in [0.1, 0.15) is 17.5 Å². The second kappa shape index (κ2) is 11.4. The summed E-state index contributed by atoms with van der Waals surface area (Å²) in [5.74, 6) is 1.04. The Morgan fingerprint density at radius 1 is 1.17 bits per heavy atom. The zero-order valence-corrected chi connectivity index (χ0v) is 17.6. The van der Waals surface area contributed by atoms with E-state index in [1.54, 1.807) is 18.1 Å². The van der Waals surface area contributed by atoms with Gasteiger partial charge in [-0.2, -0.15) is 0 Å². The minimum absolute atomic E-state index is 0.257. The van der Waals surface area contributed by atoms with Gasteiger partial charge in [0.05, 0.1) is 44.0 Å². The van der Waals surface area contributed by atoms with E-state index in [1.807, 2.05) is 18.2 Å². The molecule has 1 fully saturated rings. The van der Waals surface area contributed by atoms with Gasteiger partial charge >= 0.3 is 0 Å². The standard InChI is InChI=1S/C22H28ClFN2O3/c1-27-21-5-2-4-17(15-25-8-3-9-26-10-12-28-13-11-26)22(21)29-16-18-6-7-19(24)14-20(18)23/h2,4-7,14,25H,3,8-13,15-16H2,1H3/p+2. The zero-order chi connectivity index (χ0) is 20.5. The van der Waals surface area contributed by atoms with E-state index in [9.17, 15) is 4.39 Å². The number of nitrogens with one attached hydrogen (secondary N) is 1. The lowest BCUT2D eigenvalue weighted by Crippen LogP contribution is -3.14.